The van der Waals surface area contributed by atoms with E-state index in [1.54, 1.807) is 11.5 Å². The van der Waals surface area contributed by atoms with Crippen LogP contribution in [0.1, 0.15) is 36.2 Å². The summed E-state index contributed by atoms with van der Waals surface area (Å²) in [5.74, 6) is -0.511. The van der Waals surface area contributed by atoms with Crippen LogP contribution < -0.4 is 5.32 Å². The molecule has 0 bridgehead atoms. The number of Topliss-reactive ketones (excluding diaryl/α,β-unsaturated/α-hetero) is 1. The number of thiazole rings is 1. The normalized spacial score (nSPS) is 18.9. The van der Waals surface area contributed by atoms with Crippen molar-refractivity contribution in [3.05, 3.63) is 23.7 Å². The molecule has 0 aromatic carbocycles. The maximum absolute atomic E-state index is 11.9. The molecule has 6 heteroatoms. The lowest BCUT2D eigenvalue weighted by molar-refractivity contribution is -0.129. The molecule has 1 atom stereocenters. The highest BCUT2D eigenvalue weighted by atomic mass is 32.1. The van der Waals surface area contributed by atoms with Crippen molar-refractivity contribution in [1.29, 1.82) is 0 Å². The molecule has 1 aliphatic carbocycles. The molecule has 5 nitrogen and oxygen atoms in total. The third kappa shape index (κ3) is 3.64. The van der Waals surface area contributed by atoms with E-state index in [1.807, 2.05) is 0 Å². The topological polar surface area (TPSA) is 68.3 Å². The van der Waals surface area contributed by atoms with Gasteiger partial charge in [0.2, 0.25) is 0 Å². The van der Waals surface area contributed by atoms with Crippen LogP contribution in [0.15, 0.2) is 18.0 Å². The Hall–Kier alpha value is -1.69. The van der Waals surface area contributed by atoms with Crippen molar-refractivity contribution in [3.63, 3.8) is 0 Å². The van der Waals surface area contributed by atoms with Crippen molar-refractivity contribution in [2.75, 3.05) is 11.9 Å². The number of anilines is 1. The molecule has 0 unspecified atom stereocenters. The van der Waals surface area contributed by atoms with Crippen LogP contribution in [0.4, 0.5) is 5.13 Å². The van der Waals surface area contributed by atoms with Gasteiger partial charge >= 0.3 is 5.97 Å². The molecule has 1 saturated carbocycles. The first kappa shape index (κ1) is 13.7. The van der Waals surface area contributed by atoms with Gasteiger partial charge in [-0.25, -0.2) is 9.78 Å². The molecule has 0 spiro atoms. The summed E-state index contributed by atoms with van der Waals surface area (Å²) in [6.07, 6.45) is 4.05. The van der Waals surface area contributed by atoms with E-state index in [-0.39, 0.29) is 11.5 Å². The molecule has 1 aromatic rings. The average Bonchev–Trinajstić information content (AvgIpc) is 2.88. The third-order valence-electron chi connectivity index (χ3n) is 2.86. The summed E-state index contributed by atoms with van der Waals surface area (Å²) in [5, 5.41) is 5.26. The fourth-order valence-electron chi connectivity index (χ4n) is 1.87. The number of ether oxygens (including phenoxy) is 1. The molecule has 1 fully saturated rings. The zero-order valence-corrected chi connectivity index (χ0v) is 11.4. The molecule has 19 heavy (non-hydrogen) atoms. The first-order valence-corrected chi connectivity index (χ1v) is 7.12. The van der Waals surface area contributed by atoms with Gasteiger partial charge in [-0.2, -0.15) is 0 Å². The Morgan fingerprint density at radius 1 is 1.63 bits per heavy atom. The third-order valence-corrected chi connectivity index (χ3v) is 3.66. The Kier molecular flexibility index (Phi) is 4.68. The molecule has 102 valence electrons. The second-order valence-electron chi connectivity index (χ2n) is 4.31. The summed E-state index contributed by atoms with van der Waals surface area (Å²) in [6.45, 7) is 4.17. The van der Waals surface area contributed by atoms with E-state index in [0.717, 1.165) is 12.8 Å². The van der Waals surface area contributed by atoms with Gasteiger partial charge in [0.15, 0.2) is 22.7 Å². The van der Waals surface area contributed by atoms with Crippen molar-refractivity contribution < 1.29 is 14.3 Å². The largest absolute Gasteiger partial charge is 0.450 e. The highest BCUT2D eigenvalue weighted by molar-refractivity contribution is 7.13. The van der Waals surface area contributed by atoms with E-state index in [2.05, 4.69) is 16.9 Å². The van der Waals surface area contributed by atoms with E-state index in [9.17, 15) is 9.59 Å². The molecule has 0 aliphatic heterocycles. The molecule has 0 radical (unpaired) electrons. The van der Waals surface area contributed by atoms with Gasteiger partial charge in [-0.15, -0.1) is 17.9 Å². The molecular formula is C13H16N2O3S. The fourth-order valence-corrected chi connectivity index (χ4v) is 2.56. The molecular weight excluding hydrogens is 264 g/mol. The number of nitrogens with zero attached hydrogens (tertiary/aromatic N) is 1. The fraction of sp³-hybridized carbons (Fsp3) is 0.462. The number of ketones is 1. The van der Waals surface area contributed by atoms with E-state index < -0.39 is 12.1 Å². The van der Waals surface area contributed by atoms with Gasteiger partial charge in [0, 0.05) is 18.3 Å². The van der Waals surface area contributed by atoms with Crippen LogP contribution in [0.25, 0.3) is 0 Å². The second kappa shape index (κ2) is 6.47. The van der Waals surface area contributed by atoms with Crippen LogP contribution in [0, 0.1) is 0 Å². The van der Waals surface area contributed by atoms with Crippen molar-refractivity contribution in [3.8, 4) is 0 Å². The number of aromatic nitrogens is 1. The molecule has 1 heterocycles. The van der Waals surface area contributed by atoms with Crippen LogP contribution >= 0.6 is 11.3 Å². The minimum absolute atomic E-state index is 0.0137. The van der Waals surface area contributed by atoms with Gasteiger partial charge in [0.25, 0.3) is 0 Å². The number of rotatable bonds is 5. The maximum Gasteiger partial charge on any atom is 0.358 e. The highest BCUT2D eigenvalue weighted by Crippen LogP contribution is 2.20. The Morgan fingerprint density at radius 2 is 2.47 bits per heavy atom. The summed E-state index contributed by atoms with van der Waals surface area (Å²) < 4.78 is 5.22. The number of hydrogen-bond donors (Lipinski definition) is 1. The molecule has 1 aliphatic rings. The van der Waals surface area contributed by atoms with Gasteiger partial charge in [-0.1, -0.05) is 6.08 Å². The quantitative estimate of drug-likeness (QED) is 0.662. The standard InChI is InChI=1S/C13H16N2O3S/c1-2-7-14-13-15-9(8-19-13)12(17)18-11-6-4-3-5-10(11)16/h2,8,11H,1,3-7H2,(H,14,15)/t11-/m1/s1. The van der Waals surface area contributed by atoms with Crippen molar-refractivity contribution in [2.24, 2.45) is 0 Å². The smallest absolute Gasteiger partial charge is 0.358 e. The number of carbonyl (C=O) groups is 2. The molecule has 1 N–H and O–H groups in total. The monoisotopic (exact) mass is 280 g/mol. The summed E-state index contributed by atoms with van der Waals surface area (Å²) in [4.78, 5) is 27.6. The van der Waals surface area contributed by atoms with Crippen molar-refractivity contribution >= 4 is 28.2 Å². The zero-order chi connectivity index (χ0) is 13.7. The van der Waals surface area contributed by atoms with Crippen molar-refractivity contribution in [1.82, 2.24) is 4.98 Å². The van der Waals surface area contributed by atoms with Crippen LogP contribution in [-0.4, -0.2) is 29.4 Å². The molecule has 1 aromatic heterocycles. The second-order valence-corrected chi connectivity index (χ2v) is 5.17. The van der Waals surface area contributed by atoms with E-state index in [1.165, 1.54) is 11.3 Å². The number of hydrogen-bond acceptors (Lipinski definition) is 6. The van der Waals surface area contributed by atoms with Gasteiger partial charge < -0.3 is 10.1 Å². The van der Waals surface area contributed by atoms with Gasteiger partial charge in [0.05, 0.1) is 0 Å². The first-order chi connectivity index (χ1) is 9.20. The minimum Gasteiger partial charge on any atom is -0.450 e. The van der Waals surface area contributed by atoms with Crippen LogP contribution in [-0.2, 0) is 9.53 Å². The summed E-state index contributed by atoms with van der Waals surface area (Å²) in [6, 6.07) is 0. The van der Waals surface area contributed by atoms with Gasteiger partial charge in [0.1, 0.15) is 0 Å². The van der Waals surface area contributed by atoms with Gasteiger partial charge in [-0.3, -0.25) is 4.79 Å². The summed E-state index contributed by atoms with van der Waals surface area (Å²) >= 11 is 1.32. The van der Waals surface area contributed by atoms with Crippen molar-refractivity contribution in [2.45, 2.75) is 31.8 Å². The number of nitrogens with one attached hydrogen (secondary N) is 1. The highest BCUT2D eigenvalue weighted by Gasteiger charge is 2.27. The Bertz CT molecular complexity index is 484. The lowest BCUT2D eigenvalue weighted by atomic mass is 9.96. The Labute approximate surface area is 115 Å². The first-order valence-electron chi connectivity index (χ1n) is 6.24. The lowest BCUT2D eigenvalue weighted by Crippen LogP contribution is -2.30. The molecule has 0 saturated heterocycles. The maximum atomic E-state index is 11.9. The number of esters is 1. The Morgan fingerprint density at radius 3 is 3.21 bits per heavy atom. The van der Waals surface area contributed by atoms with E-state index in [0.29, 0.717) is 24.5 Å². The van der Waals surface area contributed by atoms with E-state index >= 15 is 0 Å². The average molecular weight is 280 g/mol. The van der Waals surface area contributed by atoms with Gasteiger partial charge in [-0.05, 0) is 19.3 Å². The molecule has 2 rings (SSSR count). The lowest BCUT2D eigenvalue weighted by Gasteiger charge is -2.19. The minimum atomic E-state index is -0.590. The Balaban J connectivity index is 1.93. The summed E-state index contributed by atoms with van der Waals surface area (Å²) in [5.41, 5.74) is 0.245. The number of carbonyl (C=O) groups excluding carboxylic acids is 2. The predicted molar refractivity (Wildman–Crippen MR) is 73.5 cm³/mol. The summed E-state index contributed by atoms with van der Waals surface area (Å²) in [7, 11) is 0. The zero-order valence-electron chi connectivity index (χ0n) is 10.6. The SMILES string of the molecule is C=CCNc1nc(C(=O)O[C@@H]2CCCCC2=O)cs1. The molecule has 0 amide bonds. The van der Waals surface area contributed by atoms with Crippen LogP contribution in [0.5, 0.6) is 0 Å². The van der Waals surface area contributed by atoms with Crippen LogP contribution in [0.3, 0.4) is 0 Å². The van der Waals surface area contributed by atoms with E-state index in [4.69, 9.17) is 4.74 Å². The predicted octanol–water partition coefficient (Wildman–Crippen LogP) is 2.41. The van der Waals surface area contributed by atoms with Crippen LogP contribution in [0.2, 0.25) is 0 Å².